The molecule has 1 fully saturated rings. The second-order valence-electron chi connectivity index (χ2n) is 15.4. The number of benzene rings is 7. The van der Waals surface area contributed by atoms with Crippen molar-refractivity contribution >= 4 is 55.1 Å². The molecule has 2 aliphatic rings. The van der Waals surface area contributed by atoms with E-state index in [1.807, 2.05) is 29.2 Å². The van der Waals surface area contributed by atoms with Crippen LogP contribution in [-0.4, -0.2) is 19.7 Å². The molecular weight excluding hydrogens is 717 g/mol. The van der Waals surface area contributed by atoms with Gasteiger partial charge in [0, 0.05) is 38.2 Å². The van der Waals surface area contributed by atoms with Crippen LogP contribution in [0.1, 0.15) is 76.6 Å². The summed E-state index contributed by atoms with van der Waals surface area (Å²) < 4.78 is 212. The van der Waals surface area contributed by atoms with E-state index >= 15 is 0 Å². The van der Waals surface area contributed by atoms with E-state index in [1.165, 1.54) is 6.07 Å². The predicted molar refractivity (Wildman–Crippen MR) is 247 cm³/mol. The van der Waals surface area contributed by atoms with Gasteiger partial charge in [0.15, 0.2) is 0 Å². The van der Waals surface area contributed by atoms with Crippen LogP contribution in [0.3, 0.4) is 0 Å². The Balaban J connectivity index is 1.31. The zero-order valence-electron chi connectivity index (χ0n) is 54.7. The van der Waals surface area contributed by atoms with Gasteiger partial charge in [-0.3, -0.25) is 4.57 Å². The van der Waals surface area contributed by atoms with Crippen molar-refractivity contribution in [2.24, 2.45) is 0 Å². The first-order chi connectivity index (χ1) is 38.6. The predicted octanol–water partition coefficient (Wildman–Crippen LogP) is 14.4. The largest absolute Gasteiger partial charge is 0.319 e. The molecule has 7 aromatic carbocycles. The van der Waals surface area contributed by atoms with Crippen molar-refractivity contribution in [3.05, 3.63) is 187 Å². The van der Waals surface area contributed by atoms with Gasteiger partial charge in [0.05, 0.1) is 64.8 Å². The third-order valence-electron chi connectivity index (χ3n) is 12.5. The van der Waals surface area contributed by atoms with Crippen molar-refractivity contribution in [2.45, 2.75) is 50.5 Å². The van der Waals surface area contributed by atoms with Crippen LogP contribution in [0.2, 0.25) is 0 Å². The summed E-state index contributed by atoms with van der Waals surface area (Å²) in [5, 5.41) is -1.06. The first kappa shape index (κ1) is 18.3. The van der Waals surface area contributed by atoms with Gasteiger partial charge in [-0.25, -0.2) is 4.98 Å². The van der Waals surface area contributed by atoms with Crippen LogP contribution < -0.4 is 4.90 Å². The summed E-state index contributed by atoms with van der Waals surface area (Å²) in [6.07, 6.45) is 2.96. The number of fused-ring (bicyclic) bond motifs is 9. The van der Waals surface area contributed by atoms with Crippen molar-refractivity contribution in [3.63, 3.8) is 0 Å². The highest BCUT2D eigenvalue weighted by Gasteiger charge is 2.58. The molecule has 0 amide bonds. The van der Waals surface area contributed by atoms with E-state index in [4.69, 9.17) is 22.8 Å². The standard InChI is InChI=1S/C55H44N4/c1-54-32-16-17-33-55(54,2)59(51-29-15-10-24-45(51)54)53-36-39(40-20-6-11-25-46(40)57-47-26-12-7-21-41(47)42-22-8-13-27-48(42)57)35-52(56-53)58-49-28-14-9-23-43(49)44-34-38(30-31-50(44)58)37-18-4-3-5-19-37/h3-15,18-31,34-36H,16-17,32-33H2,1-2H3/i3D,4D,5D,6D,7D,8D,9D,11D,12D,13D,14D,18D,19D,20D,21D,23D,25D,26D,27D,28D,30D,31D,34D. The summed E-state index contributed by atoms with van der Waals surface area (Å²) >= 11 is 0. The van der Waals surface area contributed by atoms with E-state index in [0.29, 0.717) is 12.1 Å². The normalized spacial score (nSPS) is 24.3. The summed E-state index contributed by atoms with van der Waals surface area (Å²) in [7, 11) is 0. The molecule has 4 nitrogen and oxygen atoms in total. The first-order valence-electron chi connectivity index (χ1n) is 30.7. The van der Waals surface area contributed by atoms with Crippen LogP contribution >= 0.6 is 0 Å². The lowest BCUT2D eigenvalue weighted by molar-refractivity contribution is 0.194. The van der Waals surface area contributed by atoms with Gasteiger partial charge in [0.1, 0.15) is 11.6 Å². The fourth-order valence-corrected chi connectivity index (χ4v) is 9.57. The Bertz CT molecular complexity index is 4600. The maximum Gasteiger partial charge on any atom is 0.140 e. The molecule has 0 spiro atoms. The van der Waals surface area contributed by atoms with Crippen molar-refractivity contribution in [2.75, 3.05) is 4.90 Å². The molecule has 4 heteroatoms. The molecule has 284 valence electrons. The number of rotatable bonds is 5. The molecule has 2 unspecified atom stereocenters. The molecule has 12 rings (SSSR count). The molecule has 0 bridgehead atoms. The minimum absolute atomic E-state index is 0.0941. The third-order valence-corrected chi connectivity index (χ3v) is 12.5. The summed E-state index contributed by atoms with van der Waals surface area (Å²) in [6.45, 7) is 4.21. The van der Waals surface area contributed by atoms with Gasteiger partial charge in [0.25, 0.3) is 0 Å². The molecule has 2 atom stereocenters. The van der Waals surface area contributed by atoms with Crippen LogP contribution in [0.15, 0.2) is 181 Å². The zero-order chi connectivity index (χ0) is 59.3. The average molecular weight is 784 g/mol. The second-order valence-corrected chi connectivity index (χ2v) is 15.4. The van der Waals surface area contributed by atoms with Gasteiger partial charge in [-0.15, -0.1) is 0 Å². The zero-order valence-corrected chi connectivity index (χ0v) is 31.7. The first-order valence-corrected chi connectivity index (χ1v) is 19.2. The molecule has 0 saturated heterocycles. The quantitative estimate of drug-likeness (QED) is 0.174. The van der Waals surface area contributed by atoms with Crippen molar-refractivity contribution in [1.82, 2.24) is 14.1 Å². The number of aromatic nitrogens is 3. The van der Waals surface area contributed by atoms with E-state index in [-0.39, 0.29) is 60.9 Å². The molecule has 1 aliphatic heterocycles. The monoisotopic (exact) mass is 784 g/mol. The molecule has 10 aromatic rings. The molecule has 59 heavy (non-hydrogen) atoms. The minimum Gasteiger partial charge on any atom is -0.319 e. The van der Waals surface area contributed by atoms with Crippen LogP contribution in [0.4, 0.5) is 11.5 Å². The third kappa shape index (κ3) is 4.86. The lowest BCUT2D eigenvalue weighted by Gasteiger charge is -2.50. The summed E-state index contributed by atoms with van der Waals surface area (Å²) in [5.41, 5.74) is -3.26. The van der Waals surface area contributed by atoms with Crippen LogP contribution in [0, 0.1) is 0 Å². The Kier molecular flexibility index (Phi) is 3.98. The Morgan fingerprint density at radius 3 is 2.00 bits per heavy atom. The molecule has 0 radical (unpaired) electrons. The minimum atomic E-state index is -0.822. The van der Waals surface area contributed by atoms with Crippen LogP contribution in [-0.2, 0) is 5.41 Å². The number of nitrogens with zero attached hydrogens (tertiary/aromatic N) is 4. The summed E-state index contributed by atoms with van der Waals surface area (Å²) in [5.74, 6) is -0.193. The Labute approximate surface area is 376 Å². The van der Waals surface area contributed by atoms with Gasteiger partial charge in [-0.2, -0.15) is 0 Å². The van der Waals surface area contributed by atoms with E-state index in [1.54, 1.807) is 6.07 Å². The van der Waals surface area contributed by atoms with Crippen LogP contribution in [0.5, 0.6) is 0 Å². The maximum atomic E-state index is 9.88. The number of anilines is 2. The lowest BCUT2D eigenvalue weighted by Crippen LogP contribution is -2.54. The smallest absolute Gasteiger partial charge is 0.140 e. The number of para-hydroxylation sites is 5. The SMILES string of the molecule is [2H]c1cc2c3c([2H])c([2H])c([2H])c([2H])c3n(-c3c([2H])c([2H])c([2H])c([2H])c3-c3cc(N4c5ccccc5C5(C)CCCCC45C)nc(-n4c5c([2H])c([2H])c([2H])c([2H])c5c5c([2H])c(-c6c([2H])c([2H])c([2H])c([2H])c6[2H])c([2H])c([2H])c54)c3)c2c([2H])c1[2H]. The molecule has 0 N–H and O–H groups in total. The highest BCUT2D eigenvalue weighted by atomic mass is 15.3. The van der Waals surface area contributed by atoms with E-state index in [2.05, 4.69) is 13.8 Å². The number of pyridine rings is 1. The fraction of sp³-hybridized carbons (Fsp3) is 0.145. The van der Waals surface area contributed by atoms with E-state index < -0.39 is 172 Å². The Morgan fingerprint density at radius 2 is 1.15 bits per heavy atom. The fourth-order valence-electron chi connectivity index (χ4n) is 9.57. The van der Waals surface area contributed by atoms with Crippen molar-refractivity contribution < 1.29 is 31.5 Å². The Hall–Kier alpha value is -6.91. The molecule has 4 heterocycles. The van der Waals surface area contributed by atoms with E-state index in [9.17, 15) is 13.7 Å². The molecular formula is C55H44N4. The Morgan fingerprint density at radius 1 is 0.508 bits per heavy atom. The average Bonchev–Trinajstić information content (AvgIpc) is 1.89. The summed E-state index contributed by atoms with van der Waals surface area (Å²) in [4.78, 5) is 7.30. The highest BCUT2D eigenvalue weighted by Crippen LogP contribution is 2.60. The van der Waals surface area contributed by atoms with Crippen molar-refractivity contribution in [1.29, 1.82) is 0 Å². The van der Waals surface area contributed by atoms with Crippen molar-refractivity contribution in [3.8, 4) is 33.8 Å². The van der Waals surface area contributed by atoms with Gasteiger partial charge in [-0.1, -0.05) is 147 Å². The van der Waals surface area contributed by atoms with Crippen LogP contribution in [0.25, 0.3) is 77.4 Å². The molecule has 1 aliphatic carbocycles. The van der Waals surface area contributed by atoms with Gasteiger partial charge >= 0.3 is 0 Å². The second kappa shape index (κ2) is 12.8. The molecule has 1 saturated carbocycles. The molecule has 3 aromatic heterocycles. The number of hydrogen-bond donors (Lipinski definition) is 0. The number of hydrogen-bond acceptors (Lipinski definition) is 2. The van der Waals surface area contributed by atoms with Gasteiger partial charge in [-0.05, 0) is 96.5 Å². The summed E-state index contributed by atoms with van der Waals surface area (Å²) in [6, 6.07) is -5.07. The van der Waals surface area contributed by atoms with Gasteiger partial charge in [0.2, 0.25) is 0 Å². The highest BCUT2D eigenvalue weighted by molar-refractivity contribution is 6.11. The van der Waals surface area contributed by atoms with E-state index in [0.717, 1.165) is 40.0 Å². The topological polar surface area (TPSA) is 26.0 Å². The lowest BCUT2D eigenvalue weighted by atomic mass is 9.61. The van der Waals surface area contributed by atoms with Gasteiger partial charge < -0.3 is 9.47 Å². The maximum absolute atomic E-state index is 9.88.